The molecule has 1 N–H and O–H groups in total. The van der Waals surface area contributed by atoms with Gasteiger partial charge in [-0.05, 0) is 12.1 Å². The number of benzene rings is 1. The van der Waals surface area contributed by atoms with E-state index in [-0.39, 0.29) is 24.0 Å². The molecule has 0 aromatic heterocycles. The van der Waals surface area contributed by atoms with E-state index in [0.29, 0.717) is 0 Å². The van der Waals surface area contributed by atoms with Crippen molar-refractivity contribution in [3.8, 4) is 0 Å². The van der Waals surface area contributed by atoms with Crippen LogP contribution in [0.3, 0.4) is 0 Å². The molecule has 0 radical (unpaired) electrons. The molecule has 0 unspecified atom stereocenters. The Bertz CT molecular complexity index is 316. The van der Waals surface area contributed by atoms with Crippen LogP contribution in [-0.2, 0) is 0 Å². The Morgan fingerprint density at radius 2 is 1.67 bits per heavy atom. The van der Waals surface area contributed by atoms with Crippen LogP contribution >= 0.6 is 0 Å². The molecule has 0 heterocycles. The first-order valence-corrected chi connectivity index (χ1v) is 4.65. The summed E-state index contributed by atoms with van der Waals surface area (Å²) in [4.78, 5) is 2.05. The van der Waals surface area contributed by atoms with Crippen molar-refractivity contribution in [2.45, 2.75) is 0 Å². The first-order chi connectivity index (χ1) is 6.61. The van der Waals surface area contributed by atoms with Gasteiger partial charge in [-0.3, -0.25) is 9.48 Å². The fourth-order valence-corrected chi connectivity index (χ4v) is 1.27. The Kier molecular flexibility index (Phi) is 6.31. The summed E-state index contributed by atoms with van der Waals surface area (Å²) >= 11 is 0. The highest BCUT2D eigenvalue weighted by Gasteiger charge is 2.10. The number of anilines is 1. The van der Waals surface area contributed by atoms with Gasteiger partial charge in [-0.15, -0.1) is 0 Å². The number of para-hydroxylation sites is 1. The molecule has 0 saturated carbocycles. The molecule has 0 amide bonds. The van der Waals surface area contributed by atoms with Gasteiger partial charge in [0.2, 0.25) is 0 Å². The van der Waals surface area contributed by atoms with Crippen molar-refractivity contribution in [1.82, 2.24) is 4.90 Å². The van der Waals surface area contributed by atoms with Crippen molar-refractivity contribution in [3.05, 3.63) is 30.3 Å². The van der Waals surface area contributed by atoms with E-state index in [1.54, 1.807) is 0 Å². The van der Waals surface area contributed by atoms with E-state index in [1.165, 1.54) is 0 Å². The number of guanidine groups is 1. The molecule has 0 saturated heterocycles. The second kappa shape index (κ2) is 6.66. The van der Waals surface area contributed by atoms with Crippen molar-refractivity contribution in [2.24, 2.45) is 0 Å². The highest BCUT2D eigenvalue weighted by Crippen LogP contribution is 2.05. The number of nitrogens with zero attached hydrogens (tertiary/aromatic N) is 2. The smallest absolute Gasteiger partial charge is 0.352 e. The minimum absolute atomic E-state index is 0. The molecular weight excluding hydrogens is 301 g/mol. The van der Waals surface area contributed by atoms with Gasteiger partial charge in [0.25, 0.3) is 0 Å². The molecule has 1 aromatic carbocycles. The largest absolute Gasteiger partial charge is 1.00 e. The van der Waals surface area contributed by atoms with Gasteiger partial charge in [-0.25, -0.2) is 5.32 Å². The van der Waals surface area contributed by atoms with E-state index >= 15 is 0 Å². The molecule has 1 rings (SSSR count). The van der Waals surface area contributed by atoms with E-state index in [9.17, 15) is 0 Å². The van der Waals surface area contributed by atoms with E-state index < -0.39 is 0 Å². The minimum Gasteiger partial charge on any atom is -1.00 e. The van der Waals surface area contributed by atoms with Crippen molar-refractivity contribution in [3.63, 3.8) is 0 Å². The fourth-order valence-electron chi connectivity index (χ4n) is 1.27. The average Bonchev–Trinajstić information content (AvgIpc) is 2.15. The summed E-state index contributed by atoms with van der Waals surface area (Å²) < 4.78 is 2.05. The Labute approximate surface area is 109 Å². The van der Waals surface area contributed by atoms with Gasteiger partial charge >= 0.3 is 5.96 Å². The monoisotopic (exact) mass is 319 g/mol. The van der Waals surface area contributed by atoms with Crippen LogP contribution in [-0.4, -0.2) is 43.6 Å². The Morgan fingerprint density at radius 1 is 1.13 bits per heavy atom. The van der Waals surface area contributed by atoms with E-state index in [4.69, 9.17) is 0 Å². The molecule has 0 bridgehead atoms. The van der Waals surface area contributed by atoms with E-state index in [0.717, 1.165) is 11.6 Å². The highest BCUT2D eigenvalue weighted by molar-refractivity contribution is 5.89. The van der Waals surface area contributed by atoms with Crippen LogP contribution in [0.2, 0.25) is 0 Å². The Balaban J connectivity index is 0.00000196. The summed E-state index contributed by atoms with van der Waals surface area (Å²) in [6, 6.07) is 10.1. The number of hydrogen-bond donors (Lipinski definition) is 1. The SMILES string of the molecule is CN(C)C(Nc1ccccc1)=[N+](C)C.[I-]. The van der Waals surface area contributed by atoms with E-state index in [1.807, 2.05) is 68.0 Å². The molecule has 84 valence electrons. The summed E-state index contributed by atoms with van der Waals surface area (Å²) in [5.74, 6) is 1.07. The predicted molar refractivity (Wildman–Crippen MR) is 60.9 cm³/mol. The molecule has 1 aromatic rings. The third-order valence-corrected chi connectivity index (χ3v) is 1.88. The Hall–Kier alpha value is -0.780. The predicted octanol–water partition coefficient (Wildman–Crippen LogP) is -1.71. The molecule has 0 aliphatic carbocycles. The molecule has 0 spiro atoms. The maximum atomic E-state index is 3.35. The van der Waals surface area contributed by atoms with Crippen molar-refractivity contribution >= 4 is 11.6 Å². The van der Waals surface area contributed by atoms with Crippen molar-refractivity contribution < 1.29 is 28.6 Å². The first-order valence-electron chi connectivity index (χ1n) is 4.65. The number of nitrogens with one attached hydrogen (secondary N) is 1. The molecule has 3 nitrogen and oxygen atoms in total. The lowest BCUT2D eigenvalue weighted by molar-refractivity contribution is -0.469. The molecule has 0 fully saturated rings. The van der Waals surface area contributed by atoms with Crippen molar-refractivity contribution in [2.75, 3.05) is 33.5 Å². The first kappa shape index (κ1) is 14.2. The normalized spacial score (nSPS) is 8.80. The standard InChI is InChI=1S/C11H17N3.HI/c1-13(2)11(14(3)4)12-10-8-6-5-7-9-10;/h5-9H,1-4H3;1H. The van der Waals surface area contributed by atoms with Crippen LogP contribution in [0.5, 0.6) is 0 Å². The van der Waals surface area contributed by atoms with Crippen LogP contribution in [0.1, 0.15) is 0 Å². The Morgan fingerprint density at radius 3 is 2.07 bits per heavy atom. The third-order valence-electron chi connectivity index (χ3n) is 1.88. The molecule has 0 atom stereocenters. The van der Waals surface area contributed by atoms with Crippen LogP contribution in [0, 0.1) is 0 Å². The van der Waals surface area contributed by atoms with Crippen LogP contribution in [0.25, 0.3) is 0 Å². The summed E-state index contributed by atoms with van der Waals surface area (Å²) in [6.45, 7) is 0. The summed E-state index contributed by atoms with van der Waals surface area (Å²) in [7, 11) is 8.08. The van der Waals surface area contributed by atoms with Gasteiger partial charge in [-0.2, -0.15) is 0 Å². The van der Waals surface area contributed by atoms with Crippen LogP contribution < -0.4 is 29.3 Å². The van der Waals surface area contributed by atoms with Crippen molar-refractivity contribution in [1.29, 1.82) is 0 Å². The lowest BCUT2D eigenvalue weighted by Crippen LogP contribution is -3.00. The molecule has 4 heteroatoms. The molecule has 0 aliphatic rings. The summed E-state index contributed by atoms with van der Waals surface area (Å²) in [6.07, 6.45) is 0. The van der Waals surface area contributed by atoms with E-state index in [2.05, 4.69) is 5.32 Å². The summed E-state index contributed by atoms with van der Waals surface area (Å²) in [5, 5.41) is 3.35. The quantitative estimate of drug-likeness (QED) is 0.288. The molecule has 15 heavy (non-hydrogen) atoms. The van der Waals surface area contributed by atoms with Gasteiger partial charge in [0.05, 0.1) is 33.9 Å². The topological polar surface area (TPSA) is 18.3 Å². The van der Waals surface area contributed by atoms with Crippen LogP contribution in [0.4, 0.5) is 5.69 Å². The third kappa shape index (κ3) is 4.51. The fraction of sp³-hybridized carbons (Fsp3) is 0.364. The lowest BCUT2D eigenvalue weighted by Gasteiger charge is -2.12. The molecular formula is C11H18IN3. The second-order valence-corrected chi connectivity index (χ2v) is 3.60. The second-order valence-electron chi connectivity index (χ2n) is 3.60. The zero-order valence-electron chi connectivity index (χ0n) is 9.66. The zero-order valence-corrected chi connectivity index (χ0v) is 11.8. The zero-order chi connectivity index (χ0) is 10.6. The minimum atomic E-state index is 0. The number of rotatable bonds is 1. The maximum absolute atomic E-state index is 3.35. The summed E-state index contributed by atoms with van der Waals surface area (Å²) in [5.41, 5.74) is 1.10. The van der Waals surface area contributed by atoms with Gasteiger partial charge in [-0.1, -0.05) is 18.2 Å². The number of hydrogen-bond acceptors (Lipinski definition) is 0. The maximum Gasteiger partial charge on any atom is 0.352 e. The highest BCUT2D eigenvalue weighted by atomic mass is 127. The lowest BCUT2D eigenvalue weighted by atomic mass is 10.3. The van der Waals surface area contributed by atoms with Gasteiger partial charge < -0.3 is 24.0 Å². The van der Waals surface area contributed by atoms with Crippen LogP contribution in [0.15, 0.2) is 30.3 Å². The van der Waals surface area contributed by atoms with Gasteiger partial charge in [0.1, 0.15) is 0 Å². The van der Waals surface area contributed by atoms with Gasteiger partial charge in [0.15, 0.2) is 0 Å². The number of halogens is 1. The van der Waals surface area contributed by atoms with Gasteiger partial charge in [0, 0.05) is 0 Å². The average molecular weight is 319 g/mol. The molecule has 0 aliphatic heterocycles.